The summed E-state index contributed by atoms with van der Waals surface area (Å²) in [6, 6.07) is 3.95. The van der Waals surface area contributed by atoms with E-state index in [9.17, 15) is 12.8 Å². The second-order valence-corrected chi connectivity index (χ2v) is 6.23. The lowest BCUT2D eigenvalue weighted by atomic mass is 10.3. The average molecular weight is 356 g/mol. The maximum absolute atomic E-state index is 12.8. The molecular weight excluding hydrogens is 346 g/mol. The highest BCUT2D eigenvalue weighted by molar-refractivity contribution is 14.1. The number of hydrogen-bond donors (Lipinski definition) is 2. The molecule has 0 amide bonds. The van der Waals surface area contributed by atoms with Gasteiger partial charge in [-0.2, -0.15) is 13.1 Å². The largest absolute Gasteiger partial charge is 0.299 e. The Bertz CT molecular complexity index is 502. The molecule has 2 N–H and O–H groups in total. The van der Waals surface area contributed by atoms with Gasteiger partial charge in [-0.3, -0.25) is 4.72 Å². The van der Waals surface area contributed by atoms with Crippen LogP contribution < -0.4 is 9.44 Å². The number of halogens is 2. The maximum atomic E-state index is 12.8. The number of rotatable bonds is 4. The van der Waals surface area contributed by atoms with Crippen LogP contribution in [0.15, 0.2) is 18.2 Å². The molecule has 1 aliphatic carbocycles. The minimum absolute atomic E-state index is 0.0515. The van der Waals surface area contributed by atoms with E-state index < -0.39 is 10.2 Å². The van der Waals surface area contributed by atoms with Crippen LogP contribution in [0.3, 0.4) is 0 Å². The first-order valence-electron chi connectivity index (χ1n) is 4.71. The fourth-order valence-electron chi connectivity index (χ4n) is 1.17. The van der Waals surface area contributed by atoms with Gasteiger partial charge < -0.3 is 0 Å². The van der Waals surface area contributed by atoms with Gasteiger partial charge in [0.25, 0.3) is 10.2 Å². The number of hydrogen-bond acceptors (Lipinski definition) is 2. The zero-order chi connectivity index (χ0) is 11.8. The summed E-state index contributed by atoms with van der Waals surface area (Å²) in [7, 11) is -3.53. The van der Waals surface area contributed by atoms with E-state index in [0.29, 0.717) is 9.26 Å². The highest BCUT2D eigenvalue weighted by Gasteiger charge is 2.27. The normalized spacial score (nSPS) is 16.1. The zero-order valence-corrected chi connectivity index (χ0v) is 11.2. The van der Waals surface area contributed by atoms with Gasteiger partial charge >= 0.3 is 0 Å². The Morgan fingerprint density at radius 1 is 1.38 bits per heavy atom. The van der Waals surface area contributed by atoms with Crippen LogP contribution in [0.5, 0.6) is 0 Å². The topological polar surface area (TPSA) is 58.2 Å². The highest BCUT2D eigenvalue weighted by Crippen LogP contribution is 2.22. The van der Waals surface area contributed by atoms with E-state index in [0.717, 1.165) is 12.8 Å². The molecule has 0 saturated heterocycles. The van der Waals surface area contributed by atoms with Crippen molar-refractivity contribution in [2.45, 2.75) is 18.9 Å². The fourth-order valence-corrected chi connectivity index (χ4v) is 3.16. The smallest absolute Gasteiger partial charge is 0.270 e. The monoisotopic (exact) mass is 356 g/mol. The number of benzene rings is 1. The lowest BCUT2D eigenvalue weighted by Gasteiger charge is -2.09. The molecule has 1 saturated carbocycles. The lowest BCUT2D eigenvalue weighted by Crippen LogP contribution is -2.32. The van der Waals surface area contributed by atoms with Crippen molar-refractivity contribution in [2.75, 3.05) is 4.72 Å². The molecule has 0 heterocycles. The Morgan fingerprint density at radius 3 is 2.62 bits per heavy atom. The molecule has 88 valence electrons. The van der Waals surface area contributed by atoms with E-state index in [1.807, 2.05) is 22.6 Å². The Balaban J connectivity index is 2.13. The first kappa shape index (κ1) is 12.1. The van der Waals surface area contributed by atoms with Gasteiger partial charge in [0, 0.05) is 9.61 Å². The lowest BCUT2D eigenvalue weighted by molar-refractivity contribution is 0.586. The molecule has 1 aromatic rings. The van der Waals surface area contributed by atoms with Crippen molar-refractivity contribution in [3.8, 4) is 0 Å². The van der Waals surface area contributed by atoms with Crippen LogP contribution in [-0.2, 0) is 10.2 Å². The predicted molar refractivity (Wildman–Crippen MR) is 67.8 cm³/mol. The van der Waals surface area contributed by atoms with Gasteiger partial charge in [0.2, 0.25) is 0 Å². The molecule has 7 heteroatoms. The maximum Gasteiger partial charge on any atom is 0.299 e. The van der Waals surface area contributed by atoms with Gasteiger partial charge in [0.1, 0.15) is 5.82 Å². The van der Waals surface area contributed by atoms with Gasteiger partial charge in [-0.1, -0.05) is 0 Å². The second-order valence-electron chi connectivity index (χ2n) is 3.62. The third kappa shape index (κ3) is 3.29. The zero-order valence-electron chi connectivity index (χ0n) is 8.20. The first-order valence-corrected chi connectivity index (χ1v) is 7.27. The third-order valence-corrected chi connectivity index (χ3v) is 4.10. The molecule has 0 aliphatic heterocycles. The molecule has 0 spiro atoms. The van der Waals surface area contributed by atoms with E-state index >= 15 is 0 Å². The summed E-state index contributed by atoms with van der Waals surface area (Å²) < 4.78 is 41.3. The Morgan fingerprint density at radius 2 is 2.06 bits per heavy atom. The Hall–Kier alpha value is -0.410. The van der Waals surface area contributed by atoms with E-state index in [4.69, 9.17) is 0 Å². The molecule has 1 aromatic carbocycles. The molecule has 1 aliphatic rings. The second kappa shape index (κ2) is 4.46. The Labute approximate surface area is 107 Å². The molecule has 1 fully saturated rings. The summed E-state index contributed by atoms with van der Waals surface area (Å²) in [4.78, 5) is 0. The Kier molecular flexibility index (Phi) is 3.36. The van der Waals surface area contributed by atoms with Crippen LogP contribution in [0, 0.1) is 9.39 Å². The molecule has 0 bridgehead atoms. The molecule has 4 nitrogen and oxygen atoms in total. The standard InChI is InChI=1S/C9H10FIN2O2S/c10-6-1-4-9(8(11)5-6)13-16(14,15)12-7-2-3-7/h1,4-5,7,12-13H,2-3H2. The van der Waals surface area contributed by atoms with Crippen molar-refractivity contribution in [3.05, 3.63) is 27.6 Å². The van der Waals surface area contributed by atoms with Gasteiger partial charge in [-0.05, 0) is 53.6 Å². The van der Waals surface area contributed by atoms with Crippen LogP contribution in [0.25, 0.3) is 0 Å². The predicted octanol–water partition coefficient (Wildman–Crippen LogP) is 1.84. The van der Waals surface area contributed by atoms with E-state index in [-0.39, 0.29) is 11.9 Å². The third-order valence-electron chi connectivity index (χ3n) is 2.07. The summed E-state index contributed by atoms with van der Waals surface area (Å²) >= 11 is 1.88. The summed E-state index contributed by atoms with van der Waals surface area (Å²) in [5.74, 6) is -0.387. The summed E-state index contributed by atoms with van der Waals surface area (Å²) in [5.41, 5.74) is 0.384. The molecule has 0 unspecified atom stereocenters. The fraction of sp³-hybridized carbons (Fsp3) is 0.333. The van der Waals surface area contributed by atoms with E-state index in [1.165, 1.54) is 18.2 Å². The van der Waals surface area contributed by atoms with Crippen LogP contribution >= 0.6 is 22.6 Å². The van der Waals surface area contributed by atoms with Crippen molar-refractivity contribution >= 4 is 38.5 Å². The van der Waals surface area contributed by atoms with Gasteiger partial charge in [0.05, 0.1) is 5.69 Å². The molecule has 0 atom stereocenters. The van der Waals surface area contributed by atoms with Gasteiger partial charge in [0.15, 0.2) is 0 Å². The molecule has 0 radical (unpaired) electrons. The van der Waals surface area contributed by atoms with Crippen molar-refractivity contribution in [1.82, 2.24) is 4.72 Å². The minimum atomic E-state index is -3.53. The summed E-state index contributed by atoms with van der Waals surface area (Å²) in [6.07, 6.45) is 1.75. The quantitative estimate of drug-likeness (QED) is 0.809. The van der Waals surface area contributed by atoms with Crippen molar-refractivity contribution in [2.24, 2.45) is 0 Å². The molecule has 16 heavy (non-hydrogen) atoms. The SMILES string of the molecule is O=S(=O)(Nc1ccc(F)cc1I)NC1CC1. The molecular formula is C9H10FIN2O2S. The molecule has 0 aromatic heterocycles. The van der Waals surface area contributed by atoms with Crippen LogP contribution in [0.1, 0.15) is 12.8 Å². The van der Waals surface area contributed by atoms with Gasteiger partial charge in [-0.15, -0.1) is 0 Å². The van der Waals surface area contributed by atoms with E-state index in [1.54, 1.807) is 0 Å². The number of anilines is 1. The summed E-state index contributed by atoms with van der Waals surface area (Å²) in [5, 5.41) is 0. The van der Waals surface area contributed by atoms with Gasteiger partial charge in [-0.25, -0.2) is 4.39 Å². The van der Waals surface area contributed by atoms with E-state index in [2.05, 4.69) is 9.44 Å². The van der Waals surface area contributed by atoms with Crippen molar-refractivity contribution < 1.29 is 12.8 Å². The average Bonchev–Trinajstić information content (AvgIpc) is 2.93. The van der Waals surface area contributed by atoms with Crippen molar-refractivity contribution in [3.63, 3.8) is 0 Å². The van der Waals surface area contributed by atoms with Crippen LogP contribution in [0.2, 0.25) is 0 Å². The highest BCUT2D eigenvalue weighted by atomic mass is 127. The first-order chi connectivity index (χ1) is 7.46. The van der Waals surface area contributed by atoms with Crippen molar-refractivity contribution in [1.29, 1.82) is 0 Å². The molecule has 2 rings (SSSR count). The summed E-state index contributed by atoms with van der Waals surface area (Å²) in [6.45, 7) is 0. The van der Waals surface area contributed by atoms with Crippen LogP contribution in [-0.4, -0.2) is 14.5 Å². The minimum Gasteiger partial charge on any atom is -0.270 e. The number of nitrogens with one attached hydrogen (secondary N) is 2. The van der Waals surface area contributed by atoms with Crippen LogP contribution in [0.4, 0.5) is 10.1 Å².